The average molecular weight is 338 g/mol. The molecule has 0 aliphatic carbocycles. The molecule has 1 saturated heterocycles. The maximum Gasteiger partial charge on any atom is 0.227 e. The molecule has 1 atom stereocenters. The van der Waals surface area contributed by atoms with E-state index >= 15 is 0 Å². The van der Waals surface area contributed by atoms with Gasteiger partial charge in [-0.2, -0.15) is 4.98 Å². The number of hydrogen-bond acceptors (Lipinski definition) is 4. The standard InChI is InChI=1S/C19H22N4O2/c1-13-20-19(21-25-13)14-6-5-9-23(12-14)18(24)10-15-11-22(2)17-8-4-3-7-16(15)17/h3-4,7-8,11,14H,5-6,9-10,12H2,1-2H3. The van der Waals surface area contributed by atoms with Crippen molar-refractivity contribution in [3.8, 4) is 0 Å². The number of hydrogen-bond donors (Lipinski definition) is 0. The summed E-state index contributed by atoms with van der Waals surface area (Å²) < 4.78 is 7.18. The summed E-state index contributed by atoms with van der Waals surface area (Å²) in [6.07, 6.45) is 4.46. The van der Waals surface area contributed by atoms with Gasteiger partial charge in [-0.05, 0) is 24.5 Å². The van der Waals surface area contributed by atoms with Crippen LogP contribution < -0.4 is 0 Å². The summed E-state index contributed by atoms with van der Waals surface area (Å²) >= 11 is 0. The summed E-state index contributed by atoms with van der Waals surface area (Å²) in [6.45, 7) is 3.27. The molecule has 1 fully saturated rings. The van der Waals surface area contributed by atoms with Gasteiger partial charge in [0.15, 0.2) is 5.82 Å². The first-order chi connectivity index (χ1) is 12.1. The van der Waals surface area contributed by atoms with E-state index in [0.717, 1.165) is 41.7 Å². The molecule has 3 aromatic rings. The number of carbonyl (C=O) groups is 1. The van der Waals surface area contributed by atoms with E-state index in [1.807, 2.05) is 24.1 Å². The van der Waals surface area contributed by atoms with Crippen molar-refractivity contribution in [3.63, 3.8) is 0 Å². The maximum atomic E-state index is 12.9. The summed E-state index contributed by atoms with van der Waals surface area (Å²) in [7, 11) is 2.02. The lowest BCUT2D eigenvalue weighted by Gasteiger charge is -2.31. The Labute approximate surface area is 146 Å². The molecule has 4 rings (SSSR count). The number of rotatable bonds is 3. The third-order valence-corrected chi connectivity index (χ3v) is 5.00. The Morgan fingerprint density at radius 2 is 2.20 bits per heavy atom. The zero-order valence-corrected chi connectivity index (χ0v) is 14.6. The number of piperidine rings is 1. The van der Waals surface area contributed by atoms with Gasteiger partial charge in [-0.3, -0.25) is 4.79 Å². The van der Waals surface area contributed by atoms with Crippen molar-refractivity contribution in [2.24, 2.45) is 7.05 Å². The SMILES string of the molecule is Cc1nc(C2CCCN(C(=O)Cc3cn(C)c4ccccc34)C2)no1. The molecule has 0 radical (unpaired) electrons. The van der Waals surface area contributed by atoms with E-state index in [1.165, 1.54) is 0 Å². The summed E-state index contributed by atoms with van der Waals surface area (Å²) in [4.78, 5) is 19.1. The normalized spacial score (nSPS) is 18.0. The predicted octanol–water partition coefficient (Wildman–Crippen LogP) is 2.82. The van der Waals surface area contributed by atoms with E-state index in [2.05, 4.69) is 33.0 Å². The molecule has 2 aromatic heterocycles. The van der Waals surface area contributed by atoms with Gasteiger partial charge >= 0.3 is 0 Å². The van der Waals surface area contributed by atoms with E-state index in [4.69, 9.17) is 4.52 Å². The number of nitrogens with zero attached hydrogens (tertiary/aromatic N) is 4. The lowest BCUT2D eigenvalue weighted by Crippen LogP contribution is -2.40. The van der Waals surface area contributed by atoms with Crippen molar-refractivity contribution in [1.82, 2.24) is 19.6 Å². The van der Waals surface area contributed by atoms with Crippen molar-refractivity contribution < 1.29 is 9.32 Å². The number of fused-ring (bicyclic) bond motifs is 1. The van der Waals surface area contributed by atoms with Gasteiger partial charge in [0.2, 0.25) is 11.8 Å². The van der Waals surface area contributed by atoms with Gasteiger partial charge in [0.25, 0.3) is 0 Å². The number of aryl methyl sites for hydroxylation is 2. The summed E-state index contributed by atoms with van der Waals surface area (Å²) in [5, 5.41) is 5.19. The van der Waals surface area contributed by atoms with Crippen LogP contribution in [-0.4, -0.2) is 38.6 Å². The first-order valence-electron chi connectivity index (χ1n) is 8.73. The Morgan fingerprint density at radius 1 is 1.36 bits per heavy atom. The third kappa shape index (κ3) is 3.04. The largest absolute Gasteiger partial charge is 0.350 e. The Kier molecular flexibility index (Phi) is 4.03. The summed E-state index contributed by atoms with van der Waals surface area (Å²) in [5.74, 6) is 1.64. The second-order valence-corrected chi connectivity index (χ2v) is 6.81. The monoisotopic (exact) mass is 338 g/mol. The number of amides is 1. The summed E-state index contributed by atoms with van der Waals surface area (Å²) in [5.41, 5.74) is 2.24. The molecule has 3 heterocycles. The molecule has 1 aliphatic rings. The molecule has 0 N–H and O–H groups in total. The first-order valence-corrected chi connectivity index (χ1v) is 8.73. The number of benzene rings is 1. The minimum absolute atomic E-state index is 0.168. The second-order valence-electron chi connectivity index (χ2n) is 6.81. The Morgan fingerprint density at radius 3 is 3.00 bits per heavy atom. The van der Waals surface area contributed by atoms with Crippen LogP contribution >= 0.6 is 0 Å². The fraction of sp³-hybridized carbons (Fsp3) is 0.421. The van der Waals surface area contributed by atoms with Gasteiger partial charge in [-0.15, -0.1) is 0 Å². The minimum Gasteiger partial charge on any atom is -0.350 e. The number of carbonyl (C=O) groups excluding carboxylic acids is 1. The molecule has 1 amide bonds. The molecule has 130 valence electrons. The van der Waals surface area contributed by atoms with Gasteiger partial charge in [0.1, 0.15) is 0 Å². The third-order valence-electron chi connectivity index (χ3n) is 5.00. The number of aromatic nitrogens is 3. The van der Waals surface area contributed by atoms with E-state index < -0.39 is 0 Å². The summed E-state index contributed by atoms with van der Waals surface area (Å²) in [6, 6.07) is 8.21. The number of para-hydroxylation sites is 1. The first kappa shape index (κ1) is 15.9. The molecule has 1 aliphatic heterocycles. The van der Waals surface area contributed by atoms with Crippen LogP contribution in [0, 0.1) is 6.92 Å². The van der Waals surface area contributed by atoms with Crippen molar-refractivity contribution in [2.45, 2.75) is 32.1 Å². The van der Waals surface area contributed by atoms with Gasteiger partial charge in [-0.1, -0.05) is 23.4 Å². The molecule has 0 bridgehead atoms. The van der Waals surface area contributed by atoms with Gasteiger partial charge in [0.05, 0.1) is 6.42 Å². The highest BCUT2D eigenvalue weighted by Gasteiger charge is 2.28. The molecule has 6 nitrogen and oxygen atoms in total. The van der Waals surface area contributed by atoms with Crippen LogP contribution in [0.5, 0.6) is 0 Å². The predicted molar refractivity (Wildman–Crippen MR) is 94.2 cm³/mol. The van der Waals surface area contributed by atoms with E-state index in [0.29, 0.717) is 18.9 Å². The molecular weight excluding hydrogens is 316 g/mol. The highest BCUT2D eigenvalue weighted by molar-refractivity contribution is 5.89. The lowest BCUT2D eigenvalue weighted by atomic mass is 9.96. The molecule has 6 heteroatoms. The van der Waals surface area contributed by atoms with Crippen LogP contribution in [0.25, 0.3) is 10.9 Å². The van der Waals surface area contributed by atoms with Crippen molar-refractivity contribution in [1.29, 1.82) is 0 Å². The lowest BCUT2D eigenvalue weighted by molar-refractivity contribution is -0.131. The highest BCUT2D eigenvalue weighted by atomic mass is 16.5. The van der Waals surface area contributed by atoms with Crippen molar-refractivity contribution >= 4 is 16.8 Å². The zero-order valence-electron chi connectivity index (χ0n) is 14.6. The Bertz CT molecular complexity index is 911. The Balaban J connectivity index is 1.50. The van der Waals surface area contributed by atoms with Crippen LogP contribution in [0.1, 0.15) is 36.0 Å². The maximum absolute atomic E-state index is 12.9. The molecule has 0 spiro atoms. The molecule has 1 unspecified atom stereocenters. The smallest absolute Gasteiger partial charge is 0.227 e. The minimum atomic E-state index is 0.168. The fourth-order valence-electron chi connectivity index (χ4n) is 3.74. The van der Waals surface area contributed by atoms with Crippen LogP contribution in [0.15, 0.2) is 35.0 Å². The molecule has 0 saturated carbocycles. The van der Waals surface area contributed by atoms with Crippen molar-refractivity contribution in [3.05, 3.63) is 47.7 Å². The number of likely N-dealkylation sites (tertiary alicyclic amines) is 1. The van der Waals surface area contributed by atoms with Gasteiger partial charge < -0.3 is 14.0 Å². The van der Waals surface area contributed by atoms with Crippen molar-refractivity contribution in [2.75, 3.05) is 13.1 Å². The van der Waals surface area contributed by atoms with Crippen LogP contribution in [0.2, 0.25) is 0 Å². The molecule has 1 aromatic carbocycles. The highest BCUT2D eigenvalue weighted by Crippen LogP contribution is 2.26. The van der Waals surface area contributed by atoms with E-state index in [9.17, 15) is 4.79 Å². The topological polar surface area (TPSA) is 64.2 Å². The van der Waals surface area contributed by atoms with Crippen LogP contribution in [-0.2, 0) is 18.3 Å². The van der Waals surface area contributed by atoms with E-state index in [1.54, 1.807) is 6.92 Å². The van der Waals surface area contributed by atoms with Gasteiger partial charge in [-0.25, -0.2) is 0 Å². The van der Waals surface area contributed by atoms with Crippen LogP contribution in [0.3, 0.4) is 0 Å². The Hall–Kier alpha value is -2.63. The second kappa shape index (κ2) is 6.35. The van der Waals surface area contributed by atoms with Gasteiger partial charge in [0, 0.05) is 50.1 Å². The fourth-order valence-corrected chi connectivity index (χ4v) is 3.74. The molecule has 25 heavy (non-hydrogen) atoms. The van der Waals surface area contributed by atoms with Crippen LogP contribution in [0.4, 0.5) is 0 Å². The quantitative estimate of drug-likeness (QED) is 0.737. The van der Waals surface area contributed by atoms with E-state index in [-0.39, 0.29) is 11.8 Å². The zero-order chi connectivity index (χ0) is 17.4. The average Bonchev–Trinajstić information content (AvgIpc) is 3.20. The molecular formula is C19H22N4O2.